The van der Waals surface area contributed by atoms with Gasteiger partial charge in [-0.25, -0.2) is 39.9 Å². The molecule has 0 radical (unpaired) electrons. The first-order valence-corrected chi connectivity index (χ1v) is 45.5. The summed E-state index contributed by atoms with van der Waals surface area (Å²) in [5.74, 6) is 3.24. The van der Waals surface area contributed by atoms with Gasteiger partial charge >= 0.3 is 0 Å². The summed E-state index contributed by atoms with van der Waals surface area (Å²) in [6.07, 6.45) is 0. The summed E-state index contributed by atoms with van der Waals surface area (Å²) >= 11 is 9.04. The molecule has 604 valence electrons. The van der Waals surface area contributed by atoms with E-state index in [-0.39, 0.29) is 0 Å². The predicted molar refractivity (Wildman–Crippen MR) is 526 cm³/mol. The molecule has 0 atom stereocenters. The molecule has 0 saturated carbocycles. The van der Waals surface area contributed by atoms with Gasteiger partial charge in [-0.2, -0.15) is 0 Å². The van der Waals surface area contributed by atoms with Crippen molar-refractivity contribution in [3.8, 4) is 153 Å². The van der Waals surface area contributed by atoms with Crippen molar-refractivity contribution >= 4 is 101 Å². The number of benzene rings is 11. The maximum atomic E-state index is 6.00. The first kappa shape index (κ1) is 80.6. The first-order chi connectivity index (χ1) is 61.2. The fourth-order valence-corrected chi connectivity index (χ4v) is 20.5. The molecule has 0 aliphatic rings. The van der Waals surface area contributed by atoms with Gasteiger partial charge in [-0.1, -0.05) is 267 Å². The highest BCUT2D eigenvalue weighted by atomic mass is 32.1. The van der Waals surface area contributed by atoms with Gasteiger partial charge in [-0.05, 0) is 151 Å². The van der Waals surface area contributed by atoms with Crippen LogP contribution in [-0.2, 0) is 0 Å². The third-order valence-electron chi connectivity index (χ3n) is 21.7. The fraction of sp³-hybridized carbons (Fsp3) is 0.0727. The Morgan fingerprint density at radius 2 is 0.392 bits per heavy atom. The second-order valence-corrected chi connectivity index (χ2v) is 36.8. The molecule has 0 spiro atoms. The second kappa shape index (κ2) is 35.7. The topological polar surface area (TPSA) is 129 Å². The van der Waals surface area contributed by atoms with Gasteiger partial charge in [0.05, 0.1) is 77.4 Å². The molecule has 0 fully saturated rings. The van der Waals surface area contributed by atoms with Gasteiger partial charge in [0.2, 0.25) is 0 Å². The van der Waals surface area contributed by atoms with E-state index in [1.807, 2.05) is 181 Å². The molecule has 0 bridgehead atoms. The lowest BCUT2D eigenvalue weighted by molar-refractivity contribution is 0.547. The fourth-order valence-electron chi connectivity index (χ4n) is 15.6. The van der Waals surface area contributed by atoms with E-state index in [2.05, 4.69) is 260 Å². The zero-order valence-corrected chi connectivity index (χ0v) is 74.0. The van der Waals surface area contributed by atoms with E-state index in [1.165, 1.54) is 48.8 Å². The molecule has 0 aliphatic carbocycles. The summed E-state index contributed by atoms with van der Waals surface area (Å²) in [5.41, 5.74) is 29.5. The van der Waals surface area contributed by atoms with E-state index in [4.69, 9.17) is 48.7 Å². The van der Waals surface area contributed by atoms with Gasteiger partial charge in [-0.3, -0.25) is 0 Å². The van der Waals surface area contributed by atoms with Gasteiger partial charge in [0.1, 0.15) is 45.1 Å². The molecule has 11 aromatic heterocycles. The molecule has 0 aliphatic heterocycles. The molecule has 15 heteroatoms. The van der Waals surface area contributed by atoms with Crippen LogP contribution >= 0.6 is 56.7 Å². The smallest absolute Gasteiger partial charge is 0.136 e. The highest BCUT2D eigenvalue weighted by Crippen LogP contribution is 2.50. The molecule has 0 amide bonds. The third-order valence-corrected chi connectivity index (χ3v) is 27.3. The normalized spacial score (nSPS) is 11.2. The average molecular weight is 1710 g/mol. The lowest BCUT2D eigenvalue weighted by atomic mass is 10.00. The third kappa shape index (κ3) is 16.9. The number of fused-ring (bicyclic) bond motifs is 4. The Morgan fingerprint density at radius 1 is 0.176 bits per heavy atom. The van der Waals surface area contributed by atoms with Crippen molar-refractivity contribution in [2.24, 2.45) is 0 Å². The molecule has 0 saturated heterocycles. The lowest BCUT2D eigenvalue weighted by Gasteiger charge is -2.14. The number of aryl methyl sites for hydroxylation is 8. The zero-order chi connectivity index (χ0) is 85.0. The van der Waals surface area contributed by atoms with Crippen LogP contribution in [0.4, 0.5) is 0 Å². The molecular weight excluding hydrogens is 1630 g/mol. The van der Waals surface area contributed by atoms with Crippen LogP contribution in [0.25, 0.3) is 197 Å². The van der Waals surface area contributed by atoms with Gasteiger partial charge in [0.15, 0.2) is 0 Å². The number of hydrogen-bond acceptors (Lipinski definition) is 15. The highest BCUT2D eigenvalue weighted by molar-refractivity contribution is 7.28. The standard InChI is InChI=1S/C30H22N2O2.C30H22N2S2.C28H20N2S3.C22H18N2/c2*1-19-13-17-25(33-19)23-15-16-24(26-18-14-20(2)34-26)30-29(23)31-27(21-9-5-3-6-10-21)28(32-30)22-11-7-4-8-12-22;1-17-13-15-21(31-17)27-25-26(28(33-27)22-16-14-18(2)32-22)30-24(20-11-7-4-8-12-20)23(29-25)19-9-5-3-6-10-19;1-15-13-14-16(2)20-19(15)23-21(17-9-5-3-6-10-17)22(24-20)18-11-7-4-8-12-18/h2*3-18H,1-2H3;3-16H,1-2H3;3-14H,1-2H3. The number of aromatic nitrogens is 8. The van der Waals surface area contributed by atoms with E-state index < -0.39 is 0 Å². The quantitative estimate of drug-likeness (QED) is 0.104. The van der Waals surface area contributed by atoms with E-state index in [0.29, 0.717) is 0 Å². The summed E-state index contributed by atoms with van der Waals surface area (Å²) in [6.45, 7) is 16.7. The maximum absolute atomic E-state index is 6.00. The van der Waals surface area contributed by atoms with Gasteiger partial charge < -0.3 is 8.83 Å². The van der Waals surface area contributed by atoms with Crippen molar-refractivity contribution in [1.82, 2.24) is 39.9 Å². The largest absolute Gasteiger partial charge is 0.461 e. The lowest BCUT2D eigenvalue weighted by Crippen LogP contribution is -1.98. The molecule has 0 unspecified atom stereocenters. The average Bonchev–Trinajstić information content (AvgIpc) is 1.68. The van der Waals surface area contributed by atoms with Crippen LogP contribution in [0.3, 0.4) is 0 Å². The number of furan rings is 2. The monoisotopic (exact) mass is 1710 g/mol. The summed E-state index contributed by atoms with van der Waals surface area (Å²) in [6, 6.07) is 121. The van der Waals surface area contributed by atoms with Crippen molar-refractivity contribution in [1.29, 1.82) is 0 Å². The predicted octanol–water partition coefficient (Wildman–Crippen LogP) is 31.8. The van der Waals surface area contributed by atoms with Crippen LogP contribution in [0.2, 0.25) is 0 Å². The summed E-state index contributed by atoms with van der Waals surface area (Å²) in [4.78, 5) is 54.4. The summed E-state index contributed by atoms with van der Waals surface area (Å²) in [5, 5.41) is 0. The minimum atomic E-state index is 0.769. The van der Waals surface area contributed by atoms with Crippen LogP contribution < -0.4 is 0 Å². The summed E-state index contributed by atoms with van der Waals surface area (Å²) in [7, 11) is 0. The zero-order valence-electron chi connectivity index (χ0n) is 69.9. The Balaban J connectivity index is 0.000000110. The van der Waals surface area contributed by atoms with Crippen molar-refractivity contribution < 1.29 is 8.83 Å². The number of thiophene rings is 5. The number of rotatable bonds is 14. The van der Waals surface area contributed by atoms with Crippen LogP contribution in [0.1, 0.15) is 42.2 Å². The molecule has 11 heterocycles. The van der Waals surface area contributed by atoms with Crippen molar-refractivity contribution in [3.63, 3.8) is 0 Å². The Bertz CT molecular complexity index is 6920. The Kier molecular flexibility index (Phi) is 23.0. The SMILES string of the molecule is Cc1ccc(-c2ccc(-c3ccc(C)o3)c3nc(-c4ccccc4)c(-c4ccccc4)nc23)o1.Cc1ccc(-c2ccc(-c3ccc(C)s3)c3nc(-c4ccccc4)c(-c4ccccc4)nc23)s1.Cc1ccc(-c2sc(-c3ccc(C)s3)c3nc(-c4ccccc4)c(-c4ccccc4)nc23)s1.Cc1ccc(C)c2nc(-c3ccccc3)c(-c3ccccc3)nc12. The molecule has 125 heavy (non-hydrogen) atoms. The number of hydrogen-bond donors (Lipinski definition) is 0. The minimum Gasteiger partial charge on any atom is -0.461 e. The molecule has 10 nitrogen and oxygen atoms in total. The molecular formula is C110H82N8O2S5. The van der Waals surface area contributed by atoms with Crippen molar-refractivity contribution in [2.45, 2.75) is 55.4 Å². The van der Waals surface area contributed by atoms with E-state index in [0.717, 1.165) is 191 Å². The molecule has 11 aromatic carbocycles. The summed E-state index contributed by atoms with van der Waals surface area (Å²) < 4.78 is 12.0. The van der Waals surface area contributed by atoms with Gasteiger partial charge in [0, 0.05) is 106 Å². The molecule has 0 N–H and O–H groups in total. The molecule has 22 aromatic rings. The highest BCUT2D eigenvalue weighted by Gasteiger charge is 2.27. The van der Waals surface area contributed by atoms with E-state index in [9.17, 15) is 0 Å². The van der Waals surface area contributed by atoms with Crippen LogP contribution in [0.15, 0.2) is 361 Å². The Hall–Kier alpha value is -14.2. The van der Waals surface area contributed by atoms with E-state index >= 15 is 0 Å². The van der Waals surface area contributed by atoms with Crippen LogP contribution in [0, 0.1) is 55.4 Å². The van der Waals surface area contributed by atoms with Crippen molar-refractivity contribution in [3.05, 3.63) is 394 Å². The van der Waals surface area contributed by atoms with Gasteiger partial charge in [0.25, 0.3) is 0 Å². The molecule has 22 rings (SSSR count). The maximum Gasteiger partial charge on any atom is 0.136 e. The van der Waals surface area contributed by atoms with E-state index in [1.54, 1.807) is 22.7 Å². The van der Waals surface area contributed by atoms with Crippen LogP contribution in [0.5, 0.6) is 0 Å². The van der Waals surface area contributed by atoms with Crippen LogP contribution in [-0.4, -0.2) is 39.9 Å². The minimum absolute atomic E-state index is 0.769. The Labute approximate surface area is 746 Å². The van der Waals surface area contributed by atoms with Crippen molar-refractivity contribution in [2.75, 3.05) is 0 Å². The van der Waals surface area contributed by atoms with Gasteiger partial charge in [-0.15, -0.1) is 56.7 Å². The number of nitrogens with zero attached hydrogens (tertiary/aromatic N) is 8. The Morgan fingerprint density at radius 3 is 0.616 bits per heavy atom. The first-order valence-electron chi connectivity index (χ1n) is 41.4. The second-order valence-electron chi connectivity index (χ2n) is 30.6.